The molecular weight excluding hydrogens is 573 g/mol. The summed E-state index contributed by atoms with van der Waals surface area (Å²) in [6.45, 7) is 8.06. The summed E-state index contributed by atoms with van der Waals surface area (Å²) in [5.74, 6) is 0.815. The van der Waals surface area contributed by atoms with Gasteiger partial charge in [-0.3, -0.25) is 14.2 Å². The molecule has 0 spiro atoms. The van der Waals surface area contributed by atoms with Crippen molar-refractivity contribution in [2.75, 3.05) is 7.05 Å². The number of halogens is 2. The summed E-state index contributed by atoms with van der Waals surface area (Å²) in [5, 5.41) is 9.29. The molecule has 0 aliphatic rings. The monoisotopic (exact) mass is 607 g/mol. The van der Waals surface area contributed by atoms with E-state index in [2.05, 4.69) is 34.7 Å². The minimum Gasteiger partial charge on any atom is -0.356 e. The first-order chi connectivity index (χ1) is 20.3. The molecule has 2 aromatic heterocycles. The van der Waals surface area contributed by atoms with E-state index in [-0.39, 0.29) is 5.56 Å². The molecule has 2 heterocycles. The highest BCUT2D eigenvalue weighted by molar-refractivity contribution is 6.31. The van der Waals surface area contributed by atoms with Crippen molar-refractivity contribution in [1.29, 1.82) is 0 Å². The van der Waals surface area contributed by atoms with E-state index in [4.69, 9.17) is 32.5 Å². The zero-order valence-corrected chi connectivity index (χ0v) is 26.1. The summed E-state index contributed by atoms with van der Waals surface area (Å²) >= 11 is 12.1. The molecule has 0 radical (unpaired) electrons. The highest BCUT2D eigenvalue weighted by atomic mass is 35.5. The summed E-state index contributed by atoms with van der Waals surface area (Å²) in [6, 6.07) is 24.6. The van der Waals surface area contributed by atoms with Gasteiger partial charge >= 0.3 is 0 Å². The molecule has 0 atom stereocenters. The number of aryl methyl sites for hydroxylation is 1. The number of carbonyl (C=O) groups excluding carboxylic acids is 1. The number of benzene rings is 3. The minimum atomic E-state index is -0.130. The van der Waals surface area contributed by atoms with Crippen LogP contribution in [0.1, 0.15) is 19.4 Å². The standard InChI is InChI=1S/C19H18Cl2N4O.C10H9NO.C2H6.CH2O/c1-22-23-18-16(12-4-8-14(20)9-5-12)17(19(26)25(3)24(18)2)13-6-10-15(21)11-7-13;1-8-2-4-9(5-3-8)10-6-7-11-12-10;2*1-2/h4-11,22H,1-3H3;2-7H,1H3;1-2H3;1H2/b23-18-;;;. The first kappa shape index (κ1) is 33.8. The quantitative estimate of drug-likeness (QED) is 0.224. The third-order valence-electron chi connectivity index (χ3n) is 6.00. The molecular formula is C32H35Cl2N5O3. The van der Waals surface area contributed by atoms with Crippen LogP contribution < -0.4 is 16.5 Å². The molecule has 8 nitrogen and oxygen atoms in total. The number of nitrogens with zero attached hydrogens (tertiary/aromatic N) is 4. The second-order valence-electron chi connectivity index (χ2n) is 8.52. The van der Waals surface area contributed by atoms with Crippen molar-refractivity contribution < 1.29 is 9.32 Å². The summed E-state index contributed by atoms with van der Waals surface area (Å²) in [6.07, 6.45) is 1.65. The lowest BCUT2D eigenvalue weighted by Gasteiger charge is -2.17. The number of hydrogen-bond acceptors (Lipinski definition) is 6. The number of rotatable bonds is 4. The van der Waals surface area contributed by atoms with E-state index in [0.29, 0.717) is 21.1 Å². The van der Waals surface area contributed by atoms with Crippen molar-refractivity contribution in [1.82, 2.24) is 19.9 Å². The second kappa shape index (κ2) is 16.8. The molecule has 0 unspecified atom stereocenters. The molecule has 5 rings (SSSR count). The van der Waals surface area contributed by atoms with Gasteiger partial charge in [0.1, 0.15) is 6.79 Å². The van der Waals surface area contributed by atoms with Crippen LogP contribution in [0.25, 0.3) is 33.6 Å². The van der Waals surface area contributed by atoms with Gasteiger partial charge in [-0.15, -0.1) is 0 Å². The lowest BCUT2D eigenvalue weighted by Crippen LogP contribution is -2.39. The van der Waals surface area contributed by atoms with Gasteiger partial charge in [-0.25, -0.2) is 0 Å². The highest BCUT2D eigenvalue weighted by Crippen LogP contribution is 2.28. The van der Waals surface area contributed by atoms with Crippen LogP contribution in [0.3, 0.4) is 0 Å². The zero-order chi connectivity index (χ0) is 31.2. The Kier molecular flexibility index (Phi) is 13.5. The Hall–Kier alpha value is -4.40. The Balaban J connectivity index is 0.000000320. The number of hydrogen-bond donors (Lipinski definition) is 1. The predicted octanol–water partition coefficient (Wildman–Crippen LogP) is 6.89. The lowest BCUT2D eigenvalue weighted by atomic mass is 9.97. The maximum absolute atomic E-state index is 13.1. The van der Waals surface area contributed by atoms with Gasteiger partial charge in [-0.05, 0) is 42.3 Å². The largest absolute Gasteiger partial charge is 0.356 e. The first-order valence-electron chi connectivity index (χ1n) is 13.1. The van der Waals surface area contributed by atoms with Gasteiger partial charge in [-0.2, -0.15) is 5.10 Å². The zero-order valence-electron chi connectivity index (χ0n) is 24.6. The van der Waals surface area contributed by atoms with E-state index in [1.54, 1.807) is 56.3 Å². The molecule has 42 heavy (non-hydrogen) atoms. The number of carbonyl (C=O) groups is 1. The average Bonchev–Trinajstić information content (AvgIpc) is 3.57. The fraction of sp³-hybridized carbons (Fsp3) is 0.188. The fourth-order valence-corrected chi connectivity index (χ4v) is 4.16. The molecule has 0 saturated carbocycles. The minimum absolute atomic E-state index is 0.130. The summed E-state index contributed by atoms with van der Waals surface area (Å²) in [5.41, 5.74) is 8.54. The average molecular weight is 609 g/mol. The Morgan fingerprint density at radius 1 is 0.762 bits per heavy atom. The summed E-state index contributed by atoms with van der Waals surface area (Å²) < 4.78 is 8.25. The Morgan fingerprint density at radius 3 is 1.69 bits per heavy atom. The summed E-state index contributed by atoms with van der Waals surface area (Å²) in [7, 11) is 5.23. The number of aromatic nitrogens is 3. The van der Waals surface area contributed by atoms with E-state index in [9.17, 15) is 4.79 Å². The maximum atomic E-state index is 13.1. The van der Waals surface area contributed by atoms with E-state index >= 15 is 0 Å². The predicted molar refractivity (Wildman–Crippen MR) is 171 cm³/mol. The van der Waals surface area contributed by atoms with Crippen molar-refractivity contribution in [3.63, 3.8) is 0 Å². The van der Waals surface area contributed by atoms with Crippen LogP contribution in [0.5, 0.6) is 0 Å². The Labute approximate surface area is 255 Å². The van der Waals surface area contributed by atoms with Crippen molar-refractivity contribution in [2.24, 2.45) is 19.2 Å². The van der Waals surface area contributed by atoms with Crippen LogP contribution in [0.4, 0.5) is 0 Å². The van der Waals surface area contributed by atoms with Crippen LogP contribution in [0.2, 0.25) is 10.0 Å². The molecule has 0 saturated heterocycles. The van der Waals surface area contributed by atoms with Gasteiger partial charge in [0.15, 0.2) is 11.2 Å². The molecule has 0 fully saturated rings. The molecule has 220 valence electrons. The third kappa shape index (κ3) is 8.31. The van der Waals surface area contributed by atoms with Crippen molar-refractivity contribution in [2.45, 2.75) is 20.8 Å². The Bertz CT molecular complexity index is 1660. The topological polar surface area (TPSA) is 94.4 Å². The van der Waals surface area contributed by atoms with Crippen LogP contribution >= 0.6 is 23.2 Å². The second-order valence-corrected chi connectivity index (χ2v) is 9.39. The van der Waals surface area contributed by atoms with E-state index in [1.807, 2.05) is 63.1 Å². The lowest BCUT2D eigenvalue weighted by molar-refractivity contribution is -0.0980. The van der Waals surface area contributed by atoms with Gasteiger partial charge in [0.2, 0.25) is 0 Å². The molecule has 0 aliphatic heterocycles. The van der Waals surface area contributed by atoms with E-state index < -0.39 is 0 Å². The van der Waals surface area contributed by atoms with Crippen LogP contribution in [-0.4, -0.2) is 28.4 Å². The molecule has 1 N–H and O–H groups in total. The molecule has 10 heteroatoms. The van der Waals surface area contributed by atoms with Crippen LogP contribution in [0.15, 0.2) is 99.5 Å². The molecule has 0 amide bonds. The van der Waals surface area contributed by atoms with E-state index in [0.717, 1.165) is 28.0 Å². The smallest absolute Gasteiger partial charge is 0.273 e. The molecule has 5 aromatic rings. The maximum Gasteiger partial charge on any atom is 0.273 e. The van der Waals surface area contributed by atoms with Gasteiger partial charge in [0.05, 0.1) is 11.8 Å². The van der Waals surface area contributed by atoms with E-state index in [1.165, 1.54) is 10.2 Å². The van der Waals surface area contributed by atoms with Gasteiger partial charge in [-0.1, -0.05) is 96.3 Å². The summed E-state index contributed by atoms with van der Waals surface area (Å²) in [4.78, 5) is 21.1. The molecule has 3 aromatic carbocycles. The SMILES string of the molecule is C=O.CC.CN/N=c1/c(-c2ccc(Cl)cc2)c(-c2ccc(Cl)cc2)c(=O)n(C)n1C.Cc1ccc(-c2ccno2)cc1. The van der Waals surface area contributed by atoms with Crippen molar-refractivity contribution in [3.8, 4) is 33.6 Å². The van der Waals surface area contributed by atoms with Crippen LogP contribution in [0, 0.1) is 6.92 Å². The van der Waals surface area contributed by atoms with Gasteiger partial charge in [0, 0.05) is 48.4 Å². The molecule has 0 aliphatic carbocycles. The van der Waals surface area contributed by atoms with Gasteiger partial charge < -0.3 is 14.7 Å². The number of nitrogens with one attached hydrogen (secondary N) is 1. The van der Waals surface area contributed by atoms with Crippen LogP contribution in [-0.2, 0) is 18.9 Å². The normalized spacial score (nSPS) is 10.3. The third-order valence-corrected chi connectivity index (χ3v) is 6.50. The highest BCUT2D eigenvalue weighted by Gasteiger charge is 2.18. The fourth-order valence-electron chi connectivity index (χ4n) is 3.91. The Morgan fingerprint density at radius 2 is 1.24 bits per heavy atom. The van der Waals surface area contributed by atoms with Crippen molar-refractivity contribution >= 4 is 30.0 Å². The first-order valence-corrected chi connectivity index (χ1v) is 13.8. The van der Waals surface area contributed by atoms with Gasteiger partial charge in [0.25, 0.3) is 5.56 Å². The van der Waals surface area contributed by atoms with Crippen molar-refractivity contribution in [3.05, 3.63) is 117 Å². The molecule has 0 bridgehead atoms.